The van der Waals surface area contributed by atoms with Gasteiger partial charge in [-0.05, 0) is 37.6 Å². The van der Waals surface area contributed by atoms with Gasteiger partial charge in [-0.25, -0.2) is 9.97 Å². The van der Waals surface area contributed by atoms with E-state index in [1.54, 1.807) is 0 Å². The summed E-state index contributed by atoms with van der Waals surface area (Å²) < 4.78 is 5.60. The van der Waals surface area contributed by atoms with E-state index < -0.39 is 0 Å². The zero-order chi connectivity index (χ0) is 12.5. The van der Waals surface area contributed by atoms with Crippen LogP contribution in [0.15, 0.2) is 36.4 Å². The number of aryl methyl sites for hydroxylation is 1. The Labute approximate surface area is 105 Å². The number of aromatic nitrogens is 2. The van der Waals surface area contributed by atoms with E-state index in [1.807, 2.05) is 37.3 Å². The fraction of sp³-hybridized carbons (Fsp3) is 0.200. The molecule has 0 radical (unpaired) electrons. The standard InChI is InChI=1S/C15H14N2O/c1-3-18-13-9-5-8-12-15(13)17-11-7-4-6-10(2)14(11)16-12/h4-9H,3H2,1-2H3. The first-order valence-electron chi connectivity index (χ1n) is 6.08. The molecule has 0 amide bonds. The van der Waals surface area contributed by atoms with Gasteiger partial charge in [-0.15, -0.1) is 0 Å². The molecular formula is C15H14N2O. The van der Waals surface area contributed by atoms with Crippen LogP contribution >= 0.6 is 0 Å². The topological polar surface area (TPSA) is 35.0 Å². The summed E-state index contributed by atoms with van der Waals surface area (Å²) in [5.41, 5.74) is 4.72. The lowest BCUT2D eigenvalue weighted by Crippen LogP contribution is -1.96. The monoisotopic (exact) mass is 238 g/mol. The number of hydrogen-bond acceptors (Lipinski definition) is 3. The fourth-order valence-corrected chi connectivity index (χ4v) is 2.11. The Kier molecular flexibility index (Phi) is 2.59. The van der Waals surface area contributed by atoms with Crippen molar-refractivity contribution in [2.24, 2.45) is 0 Å². The number of benzene rings is 2. The second-order valence-corrected chi connectivity index (χ2v) is 4.22. The summed E-state index contributed by atoms with van der Waals surface area (Å²) in [6.07, 6.45) is 0. The Morgan fingerprint density at radius 2 is 1.61 bits per heavy atom. The molecule has 0 bridgehead atoms. The number of hydrogen-bond donors (Lipinski definition) is 0. The van der Waals surface area contributed by atoms with Gasteiger partial charge < -0.3 is 4.74 Å². The van der Waals surface area contributed by atoms with Crippen LogP contribution in [0, 0.1) is 6.92 Å². The molecule has 2 aromatic carbocycles. The quantitative estimate of drug-likeness (QED) is 0.641. The first-order valence-corrected chi connectivity index (χ1v) is 6.08. The third-order valence-corrected chi connectivity index (χ3v) is 2.96. The van der Waals surface area contributed by atoms with Gasteiger partial charge in [0.25, 0.3) is 0 Å². The molecule has 0 aliphatic heterocycles. The highest BCUT2D eigenvalue weighted by atomic mass is 16.5. The molecule has 0 N–H and O–H groups in total. The van der Waals surface area contributed by atoms with Crippen molar-refractivity contribution in [2.75, 3.05) is 6.61 Å². The normalized spacial score (nSPS) is 11.0. The SMILES string of the molecule is CCOc1cccc2nc3c(C)cccc3nc12. The van der Waals surface area contributed by atoms with Crippen LogP contribution in [0.25, 0.3) is 22.1 Å². The molecule has 3 heteroatoms. The van der Waals surface area contributed by atoms with Gasteiger partial charge in [0.1, 0.15) is 11.3 Å². The van der Waals surface area contributed by atoms with E-state index >= 15 is 0 Å². The first kappa shape index (κ1) is 11.0. The Balaban J connectivity index is 2.38. The lowest BCUT2D eigenvalue weighted by molar-refractivity contribution is 0.343. The second-order valence-electron chi connectivity index (χ2n) is 4.22. The smallest absolute Gasteiger partial charge is 0.147 e. The third kappa shape index (κ3) is 1.68. The van der Waals surface area contributed by atoms with Crippen LogP contribution in [0.5, 0.6) is 5.75 Å². The molecule has 0 aliphatic rings. The zero-order valence-electron chi connectivity index (χ0n) is 10.5. The summed E-state index contributed by atoms with van der Waals surface area (Å²) in [7, 11) is 0. The van der Waals surface area contributed by atoms with E-state index in [9.17, 15) is 0 Å². The van der Waals surface area contributed by atoms with Crippen molar-refractivity contribution in [3.05, 3.63) is 42.0 Å². The van der Waals surface area contributed by atoms with Crippen LogP contribution in [0.2, 0.25) is 0 Å². The summed E-state index contributed by atoms with van der Waals surface area (Å²) in [5.74, 6) is 0.797. The van der Waals surface area contributed by atoms with E-state index in [1.165, 1.54) is 0 Å². The van der Waals surface area contributed by atoms with Crippen molar-refractivity contribution in [1.29, 1.82) is 0 Å². The minimum atomic E-state index is 0.632. The Morgan fingerprint density at radius 3 is 2.39 bits per heavy atom. The summed E-state index contributed by atoms with van der Waals surface area (Å²) in [5, 5.41) is 0. The van der Waals surface area contributed by atoms with Gasteiger partial charge in [0, 0.05) is 0 Å². The number of para-hydroxylation sites is 2. The van der Waals surface area contributed by atoms with Crippen LogP contribution in [-0.2, 0) is 0 Å². The van der Waals surface area contributed by atoms with Crippen molar-refractivity contribution >= 4 is 22.1 Å². The van der Waals surface area contributed by atoms with Gasteiger partial charge in [0.15, 0.2) is 0 Å². The Bertz CT molecular complexity index is 722. The minimum absolute atomic E-state index is 0.632. The Hall–Kier alpha value is -2.16. The number of nitrogens with zero attached hydrogens (tertiary/aromatic N) is 2. The van der Waals surface area contributed by atoms with Gasteiger partial charge in [0.05, 0.1) is 23.2 Å². The van der Waals surface area contributed by atoms with Crippen molar-refractivity contribution in [3.8, 4) is 5.75 Å². The van der Waals surface area contributed by atoms with E-state index in [-0.39, 0.29) is 0 Å². The predicted octanol–water partition coefficient (Wildman–Crippen LogP) is 3.49. The van der Waals surface area contributed by atoms with E-state index in [4.69, 9.17) is 4.74 Å². The molecule has 0 atom stereocenters. The van der Waals surface area contributed by atoms with Gasteiger partial charge in [0.2, 0.25) is 0 Å². The zero-order valence-corrected chi connectivity index (χ0v) is 10.5. The van der Waals surface area contributed by atoms with Crippen molar-refractivity contribution < 1.29 is 4.74 Å². The lowest BCUT2D eigenvalue weighted by Gasteiger charge is -2.08. The summed E-state index contributed by atoms with van der Waals surface area (Å²) >= 11 is 0. The van der Waals surface area contributed by atoms with E-state index in [2.05, 4.69) is 23.0 Å². The molecule has 0 fully saturated rings. The average molecular weight is 238 g/mol. The molecule has 3 nitrogen and oxygen atoms in total. The van der Waals surface area contributed by atoms with Gasteiger partial charge in [-0.1, -0.05) is 18.2 Å². The van der Waals surface area contributed by atoms with Crippen LogP contribution in [0.1, 0.15) is 12.5 Å². The van der Waals surface area contributed by atoms with Gasteiger partial charge >= 0.3 is 0 Å². The molecule has 1 heterocycles. The molecule has 18 heavy (non-hydrogen) atoms. The van der Waals surface area contributed by atoms with Crippen molar-refractivity contribution in [3.63, 3.8) is 0 Å². The molecule has 3 aromatic rings. The second kappa shape index (κ2) is 4.26. The fourth-order valence-electron chi connectivity index (χ4n) is 2.11. The van der Waals surface area contributed by atoms with E-state index in [0.717, 1.165) is 33.4 Å². The van der Waals surface area contributed by atoms with Gasteiger partial charge in [-0.3, -0.25) is 0 Å². The highest BCUT2D eigenvalue weighted by Crippen LogP contribution is 2.25. The highest BCUT2D eigenvalue weighted by Gasteiger charge is 2.07. The molecule has 1 aromatic heterocycles. The maximum absolute atomic E-state index is 5.60. The average Bonchev–Trinajstić information content (AvgIpc) is 2.38. The van der Waals surface area contributed by atoms with Gasteiger partial charge in [-0.2, -0.15) is 0 Å². The van der Waals surface area contributed by atoms with Crippen molar-refractivity contribution in [2.45, 2.75) is 13.8 Å². The van der Waals surface area contributed by atoms with Crippen LogP contribution in [-0.4, -0.2) is 16.6 Å². The molecule has 0 saturated carbocycles. The Morgan fingerprint density at radius 1 is 0.944 bits per heavy atom. The molecule has 0 aliphatic carbocycles. The lowest BCUT2D eigenvalue weighted by atomic mass is 10.2. The number of rotatable bonds is 2. The minimum Gasteiger partial charge on any atom is -0.492 e. The van der Waals surface area contributed by atoms with Crippen LogP contribution in [0.4, 0.5) is 0 Å². The molecular weight excluding hydrogens is 224 g/mol. The predicted molar refractivity (Wildman–Crippen MR) is 73.0 cm³/mol. The molecule has 0 spiro atoms. The largest absolute Gasteiger partial charge is 0.492 e. The molecule has 0 saturated heterocycles. The summed E-state index contributed by atoms with van der Waals surface area (Å²) in [6.45, 7) is 4.65. The number of fused-ring (bicyclic) bond motifs is 2. The molecule has 90 valence electrons. The first-order chi connectivity index (χ1) is 8.79. The third-order valence-electron chi connectivity index (χ3n) is 2.96. The highest BCUT2D eigenvalue weighted by molar-refractivity contribution is 5.90. The maximum atomic E-state index is 5.60. The molecule has 0 unspecified atom stereocenters. The number of ether oxygens (including phenoxy) is 1. The molecule has 3 rings (SSSR count). The maximum Gasteiger partial charge on any atom is 0.147 e. The summed E-state index contributed by atoms with van der Waals surface area (Å²) in [6, 6.07) is 11.9. The van der Waals surface area contributed by atoms with Crippen molar-refractivity contribution in [1.82, 2.24) is 9.97 Å². The van der Waals surface area contributed by atoms with E-state index in [0.29, 0.717) is 6.61 Å². The van der Waals surface area contributed by atoms with Crippen LogP contribution in [0.3, 0.4) is 0 Å². The summed E-state index contributed by atoms with van der Waals surface area (Å²) in [4.78, 5) is 9.35. The van der Waals surface area contributed by atoms with Crippen LogP contribution < -0.4 is 4.74 Å².